The van der Waals surface area contributed by atoms with E-state index in [1.807, 2.05) is 0 Å². The van der Waals surface area contributed by atoms with Crippen molar-refractivity contribution in [2.45, 2.75) is 5.41 Å². The molecular formula is C43H30O. The van der Waals surface area contributed by atoms with Crippen LogP contribution in [0.4, 0.5) is 0 Å². The number of rotatable bonds is 5. The van der Waals surface area contributed by atoms with Crippen LogP contribution in [-0.4, -0.2) is 0 Å². The predicted molar refractivity (Wildman–Crippen MR) is 181 cm³/mol. The van der Waals surface area contributed by atoms with Crippen molar-refractivity contribution >= 4 is 0 Å². The van der Waals surface area contributed by atoms with Gasteiger partial charge in [-0.2, -0.15) is 0 Å². The first-order valence-electron chi connectivity index (χ1n) is 15.1. The van der Waals surface area contributed by atoms with Gasteiger partial charge in [-0.3, -0.25) is 0 Å². The Morgan fingerprint density at radius 1 is 0.318 bits per heavy atom. The maximum atomic E-state index is 6.75. The van der Waals surface area contributed by atoms with Gasteiger partial charge in [0.25, 0.3) is 0 Å². The second kappa shape index (κ2) is 10.9. The van der Waals surface area contributed by atoms with Gasteiger partial charge in [-0.25, -0.2) is 0 Å². The molecule has 0 aromatic heterocycles. The Kier molecular flexibility index (Phi) is 6.43. The van der Waals surface area contributed by atoms with Crippen LogP contribution in [0.2, 0.25) is 0 Å². The van der Waals surface area contributed by atoms with Crippen molar-refractivity contribution in [2.24, 2.45) is 0 Å². The molecule has 0 bridgehead atoms. The fourth-order valence-electron chi connectivity index (χ4n) is 6.84. The van der Waals surface area contributed by atoms with Gasteiger partial charge in [0.15, 0.2) is 0 Å². The maximum absolute atomic E-state index is 6.75. The number of benzene rings is 7. The van der Waals surface area contributed by atoms with Crippen LogP contribution >= 0.6 is 0 Å². The Morgan fingerprint density at radius 2 is 0.773 bits per heavy atom. The normalized spacial score (nSPS) is 12.9. The molecule has 7 aromatic rings. The molecule has 0 fully saturated rings. The van der Waals surface area contributed by atoms with Crippen molar-refractivity contribution in [3.05, 3.63) is 204 Å². The summed E-state index contributed by atoms with van der Waals surface area (Å²) in [5.41, 5.74) is 11.3. The minimum Gasteiger partial charge on any atom is -0.457 e. The van der Waals surface area contributed by atoms with Crippen LogP contribution in [0.3, 0.4) is 0 Å². The molecule has 208 valence electrons. The number of hydrogen-bond acceptors (Lipinski definition) is 1. The average molecular weight is 563 g/mol. The third-order valence-corrected chi connectivity index (χ3v) is 8.85. The minimum absolute atomic E-state index is 0.516. The summed E-state index contributed by atoms with van der Waals surface area (Å²) >= 11 is 0. The van der Waals surface area contributed by atoms with Crippen molar-refractivity contribution in [3.63, 3.8) is 0 Å². The molecule has 0 saturated carbocycles. The minimum atomic E-state index is -0.516. The molecule has 1 heteroatoms. The third kappa shape index (κ3) is 4.25. The predicted octanol–water partition coefficient (Wildman–Crippen LogP) is 11.2. The molecule has 1 heterocycles. The van der Waals surface area contributed by atoms with Crippen molar-refractivity contribution < 1.29 is 4.74 Å². The van der Waals surface area contributed by atoms with Crippen molar-refractivity contribution in [1.82, 2.24) is 0 Å². The van der Waals surface area contributed by atoms with E-state index in [9.17, 15) is 0 Å². The topological polar surface area (TPSA) is 9.23 Å². The van der Waals surface area contributed by atoms with E-state index in [1.54, 1.807) is 0 Å². The molecular weight excluding hydrogens is 532 g/mol. The molecule has 0 spiro atoms. The molecule has 0 amide bonds. The Balaban J connectivity index is 1.29. The van der Waals surface area contributed by atoms with Gasteiger partial charge in [0.05, 0.1) is 5.41 Å². The summed E-state index contributed by atoms with van der Waals surface area (Å²) in [4.78, 5) is 0. The molecule has 1 nitrogen and oxygen atoms in total. The van der Waals surface area contributed by atoms with E-state index >= 15 is 0 Å². The van der Waals surface area contributed by atoms with Crippen LogP contribution in [-0.2, 0) is 5.41 Å². The van der Waals surface area contributed by atoms with Crippen molar-refractivity contribution in [1.29, 1.82) is 0 Å². The van der Waals surface area contributed by atoms with Crippen LogP contribution in [0.15, 0.2) is 182 Å². The first kappa shape index (κ1) is 26.0. The Morgan fingerprint density at radius 3 is 1.43 bits per heavy atom. The van der Waals surface area contributed by atoms with Gasteiger partial charge < -0.3 is 4.74 Å². The SMILES string of the molecule is c1ccc(-c2ccc(-c3ccccc3-c3ccc4c(c3)Oc3ccccc3C4(c3ccccc3)c3ccccc3)cc2)cc1. The van der Waals surface area contributed by atoms with Crippen LogP contribution in [0, 0.1) is 0 Å². The Labute approximate surface area is 258 Å². The van der Waals surface area contributed by atoms with Gasteiger partial charge in [0, 0.05) is 11.1 Å². The molecule has 0 atom stereocenters. The molecule has 0 N–H and O–H groups in total. The van der Waals surface area contributed by atoms with Gasteiger partial charge in [-0.15, -0.1) is 0 Å². The monoisotopic (exact) mass is 562 g/mol. The highest BCUT2D eigenvalue weighted by Crippen LogP contribution is 2.55. The second-order valence-corrected chi connectivity index (χ2v) is 11.3. The molecule has 7 aromatic carbocycles. The third-order valence-electron chi connectivity index (χ3n) is 8.85. The second-order valence-electron chi connectivity index (χ2n) is 11.3. The lowest BCUT2D eigenvalue weighted by molar-refractivity contribution is 0.435. The lowest BCUT2D eigenvalue weighted by Gasteiger charge is -2.41. The van der Waals surface area contributed by atoms with E-state index in [0.29, 0.717) is 0 Å². The lowest BCUT2D eigenvalue weighted by atomic mass is 9.63. The zero-order valence-electron chi connectivity index (χ0n) is 24.2. The van der Waals surface area contributed by atoms with E-state index < -0.39 is 5.41 Å². The number of hydrogen-bond donors (Lipinski definition) is 0. The summed E-state index contributed by atoms with van der Waals surface area (Å²) in [6.45, 7) is 0. The van der Waals surface area contributed by atoms with Crippen LogP contribution in [0.5, 0.6) is 11.5 Å². The van der Waals surface area contributed by atoms with Crippen molar-refractivity contribution in [3.8, 4) is 44.9 Å². The first-order chi connectivity index (χ1) is 21.8. The molecule has 0 unspecified atom stereocenters. The molecule has 0 saturated heterocycles. The summed E-state index contributed by atoms with van der Waals surface area (Å²) in [5, 5.41) is 0. The van der Waals surface area contributed by atoms with Crippen LogP contribution in [0.25, 0.3) is 33.4 Å². The zero-order chi connectivity index (χ0) is 29.3. The van der Waals surface area contributed by atoms with Gasteiger partial charge in [-0.05, 0) is 56.6 Å². The highest BCUT2D eigenvalue weighted by Gasteiger charge is 2.45. The van der Waals surface area contributed by atoms with Gasteiger partial charge in [-0.1, -0.05) is 170 Å². The van der Waals surface area contributed by atoms with Crippen molar-refractivity contribution in [2.75, 3.05) is 0 Å². The van der Waals surface area contributed by atoms with Gasteiger partial charge in [0.1, 0.15) is 11.5 Å². The standard InChI is InChI=1S/C43H30O/c1-4-14-31(15-5-1)32-24-26-33(27-25-32)37-20-10-11-21-38(37)34-28-29-40-42(30-34)44-41-23-13-12-22-39(41)43(40,35-16-6-2-7-17-35)36-18-8-3-9-19-36/h1-30H. The smallest absolute Gasteiger partial charge is 0.132 e. The average Bonchev–Trinajstić information content (AvgIpc) is 3.11. The summed E-state index contributed by atoms with van der Waals surface area (Å²) in [6.07, 6.45) is 0. The lowest BCUT2D eigenvalue weighted by Crippen LogP contribution is -2.34. The zero-order valence-corrected chi connectivity index (χ0v) is 24.2. The highest BCUT2D eigenvalue weighted by atomic mass is 16.5. The largest absolute Gasteiger partial charge is 0.457 e. The van der Waals surface area contributed by atoms with Gasteiger partial charge in [0.2, 0.25) is 0 Å². The summed E-state index contributed by atoms with van der Waals surface area (Å²) in [6, 6.07) is 64.9. The van der Waals surface area contributed by atoms with E-state index in [2.05, 4.69) is 182 Å². The molecule has 0 radical (unpaired) electrons. The highest BCUT2D eigenvalue weighted by molar-refractivity contribution is 5.85. The quantitative estimate of drug-likeness (QED) is 0.203. The Bertz CT molecular complexity index is 2020. The first-order valence-corrected chi connectivity index (χ1v) is 15.1. The van der Waals surface area contributed by atoms with E-state index in [4.69, 9.17) is 4.74 Å². The number of ether oxygens (including phenoxy) is 1. The van der Waals surface area contributed by atoms with E-state index in [0.717, 1.165) is 28.2 Å². The summed E-state index contributed by atoms with van der Waals surface area (Å²) in [7, 11) is 0. The fourth-order valence-corrected chi connectivity index (χ4v) is 6.84. The number of fused-ring (bicyclic) bond motifs is 2. The van der Waals surface area contributed by atoms with Crippen LogP contribution in [0.1, 0.15) is 22.3 Å². The molecule has 44 heavy (non-hydrogen) atoms. The molecule has 8 rings (SSSR count). The molecule has 0 aliphatic carbocycles. The van der Waals surface area contributed by atoms with E-state index in [-0.39, 0.29) is 0 Å². The summed E-state index contributed by atoms with van der Waals surface area (Å²) < 4.78 is 6.75. The van der Waals surface area contributed by atoms with Crippen LogP contribution < -0.4 is 4.74 Å². The number of para-hydroxylation sites is 1. The van der Waals surface area contributed by atoms with E-state index in [1.165, 1.54) is 38.9 Å². The molecule has 1 aliphatic rings. The Hall–Kier alpha value is -5.66. The summed E-state index contributed by atoms with van der Waals surface area (Å²) in [5.74, 6) is 1.76. The maximum Gasteiger partial charge on any atom is 0.132 e. The molecule has 1 aliphatic heterocycles. The fraction of sp³-hybridized carbons (Fsp3) is 0.0233. The van der Waals surface area contributed by atoms with Gasteiger partial charge >= 0.3 is 0 Å².